The summed E-state index contributed by atoms with van der Waals surface area (Å²) in [5.74, 6) is -1.22. The fraction of sp³-hybridized carbons (Fsp3) is 0.364. The Morgan fingerprint density at radius 3 is 2.67 bits per heavy atom. The molecule has 6 nitrogen and oxygen atoms in total. The van der Waals surface area contributed by atoms with Gasteiger partial charge in [0, 0.05) is 6.54 Å². The van der Waals surface area contributed by atoms with Crippen molar-refractivity contribution in [1.82, 2.24) is 10.6 Å². The van der Waals surface area contributed by atoms with E-state index in [0.29, 0.717) is 11.4 Å². The topological polar surface area (TPSA) is 84.5 Å². The molecule has 0 saturated carbocycles. The fourth-order valence-corrected chi connectivity index (χ4v) is 1.96. The van der Waals surface area contributed by atoms with Crippen LogP contribution in [-0.4, -0.2) is 31.1 Å². The van der Waals surface area contributed by atoms with Gasteiger partial charge in [-0.2, -0.15) is 0 Å². The van der Waals surface area contributed by atoms with Gasteiger partial charge in [0.15, 0.2) is 6.61 Å². The van der Waals surface area contributed by atoms with Crippen LogP contribution in [0.15, 0.2) is 11.4 Å². The molecule has 0 atom stereocenters. The Kier molecular flexibility index (Phi) is 5.31. The number of imide groups is 1. The van der Waals surface area contributed by atoms with Crippen LogP contribution in [0.2, 0.25) is 0 Å². The summed E-state index contributed by atoms with van der Waals surface area (Å²) in [6, 6.07) is 1.18. The summed E-state index contributed by atoms with van der Waals surface area (Å²) < 4.78 is 4.79. The van der Waals surface area contributed by atoms with E-state index in [4.69, 9.17) is 4.74 Å². The molecule has 0 saturated heterocycles. The van der Waals surface area contributed by atoms with Crippen molar-refractivity contribution in [3.8, 4) is 0 Å². The molecule has 0 aromatic carbocycles. The maximum atomic E-state index is 11.6. The molecule has 0 bridgehead atoms. The molecule has 7 heteroatoms. The summed E-state index contributed by atoms with van der Waals surface area (Å²) in [4.78, 5) is 34.3. The number of rotatable bonds is 4. The van der Waals surface area contributed by atoms with Gasteiger partial charge < -0.3 is 10.1 Å². The van der Waals surface area contributed by atoms with E-state index in [2.05, 4.69) is 5.32 Å². The molecule has 1 aromatic heterocycles. The third kappa shape index (κ3) is 4.17. The third-order valence-corrected chi connectivity index (χ3v) is 2.97. The number of hydrogen-bond donors (Lipinski definition) is 2. The summed E-state index contributed by atoms with van der Waals surface area (Å²) in [6.07, 6.45) is 0. The van der Waals surface area contributed by atoms with Crippen molar-refractivity contribution in [2.24, 2.45) is 0 Å². The number of nitrogens with one attached hydrogen (secondary N) is 2. The minimum atomic E-state index is -0.663. The van der Waals surface area contributed by atoms with Crippen LogP contribution in [0.25, 0.3) is 0 Å². The maximum Gasteiger partial charge on any atom is 0.349 e. The summed E-state index contributed by atoms with van der Waals surface area (Å²) in [7, 11) is 0. The molecular weight excluding hydrogens is 256 g/mol. The Morgan fingerprint density at radius 2 is 2.11 bits per heavy atom. The normalized spacial score (nSPS) is 9.67. The van der Waals surface area contributed by atoms with Crippen molar-refractivity contribution in [3.63, 3.8) is 0 Å². The quantitative estimate of drug-likeness (QED) is 0.801. The zero-order chi connectivity index (χ0) is 13.5. The van der Waals surface area contributed by atoms with Crippen molar-refractivity contribution < 1.29 is 19.1 Å². The molecule has 0 radical (unpaired) electrons. The summed E-state index contributed by atoms with van der Waals surface area (Å²) in [6.45, 7) is 3.44. The Labute approximate surface area is 108 Å². The molecule has 3 amide bonds. The predicted molar refractivity (Wildman–Crippen MR) is 66.6 cm³/mol. The van der Waals surface area contributed by atoms with E-state index in [1.807, 2.05) is 5.32 Å². The van der Waals surface area contributed by atoms with Gasteiger partial charge in [-0.15, -0.1) is 11.3 Å². The maximum absolute atomic E-state index is 11.6. The molecule has 2 N–H and O–H groups in total. The molecule has 0 unspecified atom stereocenters. The fourth-order valence-electron chi connectivity index (χ4n) is 1.15. The largest absolute Gasteiger partial charge is 0.451 e. The molecule has 0 fully saturated rings. The minimum absolute atomic E-state index is 0.410. The second kappa shape index (κ2) is 6.75. The van der Waals surface area contributed by atoms with Crippen LogP contribution >= 0.6 is 11.3 Å². The van der Waals surface area contributed by atoms with Crippen molar-refractivity contribution in [2.45, 2.75) is 13.8 Å². The molecule has 18 heavy (non-hydrogen) atoms. The second-order valence-corrected chi connectivity index (χ2v) is 4.33. The van der Waals surface area contributed by atoms with Crippen LogP contribution in [0.5, 0.6) is 0 Å². The first-order chi connectivity index (χ1) is 8.54. The monoisotopic (exact) mass is 270 g/mol. The van der Waals surface area contributed by atoms with Gasteiger partial charge in [-0.3, -0.25) is 10.1 Å². The molecule has 98 valence electrons. The van der Waals surface area contributed by atoms with Crippen molar-refractivity contribution >= 4 is 29.2 Å². The van der Waals surface area contributed by atoms with Crippen LogP contribution in [0.3, 0.4) is 0 Å². The van der Waals surface area contributed by atoms with Crippen molar-refractivity contribution in [2.75, 3.05) is 13.2 Å². The van der Waals surface area contributed by atoms with Crippen LogP contribution in [0, 0.1) is 6.92 Å². The smallest absolute Gasteiger partial charge is 0.349 e. The van der Waals surface area contributed by atoms with Crippen LogP contribution in [0.4, 0.5) is 4.79 Å². The van der Waals surface area contributed by atoms with E-state index in [1.165, 1.54) is 11.3 Å². The van der Waals surface area contributed by atoms with Crippen LogP contribution in [0.1, 0.15) is 22.2 Å². The number of carbonyl (C=O) groups is 3. The SMILES string of the molecule is CCNC(=O)NC(=O)COC(=O)c1sccc1C. The Morgan fingerprint density at radius 1 is 1.39 bits per heavy atom. The lowest BCUT2D eigenvalue weighted by molar-refractivity contribution is -0.123. The number of aryl methyl sites for hydroxylation is 1. The Balaban J connectivity index is 2.37. The van der Waals surface area contributed by atoms with Gasteiger partial charge in [-0.1, -0.05) is 0 Å². The number of ether oxygens (including phenoxy) is 1. The third-order valence-electron chi connectivity index (χ3n) is 1.97. The van der Waals surface area contributed by atoms with Crippen LogP contribution < -0.4 is 10.6 Å². The summed E-state index contributed by atoms with van der Waals surface area (Å²) >= 11 is 1.25. The molecule has 0 aliphatic carbocycles. The minimum Gasteiger partial charge on any atom is -0.451 e. The average molecular weight is 270 g/mol. The van der Waals surface area contributed by atoms with E-state index in [-0.39, 0.29) is 0 Å². The molecule has 1 rings (SSSR count). The highest BCUT2D eigenvalue weighted by Gasteiger charge is 2.14. The van der Waals surface area contributed by atoms with Gasteiger partial charge in [0.2, 0.25) is 0 Å². The highest BCUT2D eigenvalue weighted by Crippen LogP contribution is 2.16. The van der Waals surface area contributed by atoms with Crippen LogP contribution in [-0.2, 0) is 9.53 Å². The van der Waals surface area contributed by atoms with Crippen molar-refractivity contribution in [3.05, 3.63) is 21.9 Å². The first kappa shape index (κ1) is 14.2. The second-order valence-electron chi connectivity index (χ2n) is 3.42. The first-order valence-corrected chi connectivity index (χ1v) is 6.21. The molecule has 0 spiro atoms. The van der Waals surface area contributed by atoms with Gasteiger partial charge in [-0.25, -0.2) is 9.59 Å². The highest BCUT2D eigenvalue weighted by molar-refractivity contribution is 7.12. The summed E-state index contributed by atoms with van der Waals surface area (Å²) in [5, 5.41) is 6.19. The van der Waals surface area contributed by atoms with E-state index < -0.39 is 24.5 Å². The average Bonchev–Trinajstić information content (AvgIpc) is 2.72. The molecule has 0 aliphatic heterocycles. The van der Waals surface area contributed by atoms with Gasteiger partial charge in [0.1, 0.15) is 4.88 Å². The van der Waals surface area contributed by atoms with Gasteiger partial charge >= 0.3 is 12.0 Å². The van der Waals surface area contributed by atoms with Crippen molar-refractivity contribution in [1.29, 1.82) is 0 Å². The number of carbonyl (C=O) groups excluding carboxylic acids is 3. The van der Waals surface area contributed by atoms with Gasteiger partial charge in [0.05, 0.1) is 0 Å². The summed E-state index contributed by atoms with van der Waals surface area (Å²) in [5.41, 5.74) is 0.800. The molecule has 1 aromatic rings. The highest BCUT2D eigenvalue weighted by atomic mass is 32.1. The molecular formula is C11H14N2O4S. The molecule has 0 aliphatic rings. The van der Waals surface area contributed by atoms with Gasteiger partial charge in [-0.05, 0) is 30.9 Å². The predicted octanol–water partition coefficient (Wildman–Crippen LogP) is 1.06. The van der Waals surface area contributed by atoms with E-state index in [9.17, 15) is 14.4 Å². The van der Waals surface area contributed by atoms with E-state index >= 15 is 0 Å². The number of hydrogen-bond acceptors (Lipinski definition) is 5. The first-order valence-electron chi connectivity index (χ1n) is 5.33. The lowest BCUT2D eigenvalue weighted by atomic mass is 10.3. The Bertz CT molecular complexity index is 456. The lowest BCUT2D eigenvalue weighted by Crippen LogP contribution is -2.41. The number of thiophene rings is 1. The van der Waals surface area contributed by atoms with Gasteiger partial charge in [0.25, 0.3) is 5.91 Å². The van der Waals surface area contributed by atoms with E-state index in [1.54, 1.807) is 25.3 Å². The lowest BCUT2D eigenvalue weighted by Gasteiger charge is -2.05. The Hall–Kier alpha value is -1.89. The van der Waals surface area contributed by atoms with E-state index in [0.717, 1.165) is 5.56 Å². The number of amides is 3. The number of esters is 1. The zero-order valence-electron chi connectivity index (χ0n) is 10.1. The zero-order valence-corrected chi connectivity index (χ0v) is 10.9. The molecule has 1 heterocycles. The number of urea groups is 1. The standard InChI is InChI=1S/C11H14N2O4S/c1-3-12-11(16)13-8(14)6-17-10(15)9-7(2)4-5-18-9/h4-5H,3,6H2,1-2H3,(H2,12,13,14,16).